The summed E-state index contributed by atoms with van der Waals surface area (Å²) in [4.78, 5) is 4.51. The average molecular weight is 342 g/mol. The number of anilines is 1. The maximum Gasteiger partial charge on any atom is 0.205 e. The van der Waals surface area contributed by atoms with Gasteiger partial charge in [-0.2, -0.15) is 0 Å². The van der Waals surface area contributed by atoms with Gasteiger partial charge in [0, 0.05) is 4.47 Å². The summed E-state index contributed by atoms with van der Waals surface area (Å²) in [6.07, 6.45) is 4.83. The summed E-state index contributed by atoms with van der Waals surface area (Å²) in [5.74, 6) is 0.557. The van der Waals surface area contributed by atoms with Crippen LogP contribution >= 0.6 is 15.9 Å². The van der Waals surface area contributed by atoms with Gasteiger partial charge in [0.15, 0.2) is 0 Å². The highest BCUT2D eigenvalue weighted by atomic mass is 79.9. The molecule has 1 aliphatic carbocycles. The third-order valence-electron chi connectivity index (χ3n) is 4.25. The molecule has 1 aliphatic rings. The summed E-state index contributed by atoms with van der Waals surface area (Å²) < 4.78 is 3.11. The lowest BCUT2D eigenvalue weighted by Gasteiger charge is -2.20. The van der Waals surface area contributed by atoms with Crippen LogP contribution in [0.3, 0.4) is 0 Å². The average Bonchev–Trinajstić information content (AvgIpc) is 2.81. The zero-order valence-corrected chi connectivity index (χ0v) is 13.2. The van der Waals surface area contributed by atoms with Crippen LogP contribution in [0, 0.1) is 0 Å². The van der Waals surface area contributed by atoms with Gasteiger partial charge in [-0.3, -0.25) is 4.57 Å². The molecular formula is C17H16BrN3. The molecule has 0 atom stereocenters. The Morgan fingerprint density at radius 1 is 1.10 bits per heavy atom. The SMILES string of the molecule is Nc1nc2cc(Br)ccc2n1-c1cccc2c1CCCC2. The van der Waals surface area contributed by atoms with Gasteiger partial charge < -0.3 is 5.73 Å². The van der Waals surface area contributed by atoms with Crippen molar-refractivity contribution in [3.63, 3.8) is 0 Å². The third-order valence-corrected chi connectivity index (χ3v) is 4.75. The van der Waals surface area contributed by atoms with E-state index in [1.54, 1.807) is 0 Å². The number of nitrogen functional groups attached to an aromatic ring is 1. The van der Waals surface area contributed by atoms with Crippen molar-refractivity contribution in [2.75, 3.05) is 5.73 Å². The van der Waals surface area contributed by atoms with E-state index in [4.69, 9.17) is 5.73 Å². The molecule has 4 heteroatoms. The molecule has 4 rings (SSSR count). The fraction of sp³-hybridized carbons (Fsp3) is 0.235. The second kappa shape index (κ2) is 4.88. The Labute approximate surface area is 131 Å². The number of halogens is 1. The van der Waals surface area contributed by atoms with Gasteiger partial charge in [0.25, 0.3) is 0 Å². The first-order valence-electron chi connectivity index (χ1n) is 7.28. The molecule has 3 nitrogen and oxygen atoms in total. The minimum atomic E-state index is 0.557. The Balaban J connectivity index is 2.01. The smallest absolute Gasteiger partial charge is 0.205 e. The van der Waals surface area contributed by atoms with Gasteiger partial charge >= 0.3 is 0 Å². The van der Waals surface area contributed by atoms with Gasteiger partial charge in [-0.25, -0.2) is 4.98 Å². The highest BCUT2D eigenvalue weighted by molar-refractivity contribution is 9.10. The van der Waals surface area contributed by atoms with Gasteiger partial charge in [0.1, 0.15) is 0 Å². The zero-order chi connectivity index (χ0) is 14.4. The van der Waals surface area contributed by atoms with Crippen LogP contribution in [0.15, 0.2) is 40.9 Å². The van der Waals surface area contributed by atoms with Crippen LogP contribution in [-0.4, -0.2) is 9.55 Å². The molecular weight excluding hydrogens is 326 g/mol. The highest BCUT2D eigenvalue weighted by Crippen LogP contribution is 2.31. The normalized spacial score (nSPS) is 14.3. The van der Waals surface area contributed by atoms with E-state index in [1.165, 1.54) is 36.1 Å². The third kappa shape index (κ3) is 2.05. The molecule has 0 saturated carbocycles. The van der Waals surface area contributed by atoms with Gasteiger partial charge in [-0.1, -0.05) is 28.1 Å². The lowest BCUT2D eigenvalue weighted by molar-refractivity contribution is 0.682. The van der Waals surface area contributed by atoms with E-state index in [0.29, 0.717) is 5.95 Å². The van der Waals surface area contributed by atoms with Crippen molar-refractivity contribution in [3.05, 3.63) is 52.0 Å². The van der Waals surface area contributed by atoms with E-state index in [2.05, 4.69) is 49.7 Å². The minimum Gasteiger partial charge on any atom is -0.369 e. The van der Waals surface area contributed by atoms with Crippen LogP contribution in [-0.2, 0) is 12.8 Å². The number of aromatic nitrogens is 2. The number of nitrogens with zero attached hydrogens (tertiary/aromatic N) is 2. The van der Waals surface area contributed by atoms with E-state index >= 15 is 0 Å². The molecule has 0 amide bonds. The van der Waals surface area contributed by atoms with Crippen molar-refractivity contribution in [3.8, 4) is 5.69 Å². The Morgan fingerprint density at radius 3 is 2.86 bits per heavy atom. The molecule has 1 heterocycles. The molecule has 2 aromatic carbocycles. The lowest BCUT2D eigenvalue weighted by atomic mass is 9.90. The van der Waals surface area contributed by atoms with E-state index in [1.807, 2.05) is 12.1 Å². The molecule has 0 spiro atoms. The summed E-state index contributed by atoms with van der Waals surface area (Å²) in [6.45, 7) is 0. The van der Waals surface area contributed by atoms with Gasteiger partial charge in [-0.15, -0.1) is 0 Å². The summed E-state index contributed by atoms with van der Waals surface area (Å²) in [6, 6.07) is 12.6. The lowest BCUT2D eigenvalue weighted by Crippen LogP contribution is -2.09. The van der Waals surface area contributed by atoms with Crippen molar-refractivity contribution in [1.82, 2.24) is 9.55 Å². The highest BCUT2D eigenvalue weighted by Gasteiger charge is 2.17. The monoisotopic (exact) mass is 341 g/mol. The number of aryl methyl sites for hydroxylation is 1. The Kier molecular flexibility index (Phi) is 3.00. The molecule has 0 aliphatic heterocycles. The van der Waals surface area contributed by atoms with Crippen LogP contribution in [0.5, 0.6) is 0 Å². The van der Waals surface area contributed by atoms with E-state index in [9.17, 15) is 0 Å². The summed E-state index contributed by atoms with van der Waals surface area (Å²) in [7, 11) is 0. The molecule has 106 valence electrons. The van der Waals surface area contributed by atoms with Crippen LogP contribution in [0.1, 0.15) is 24.0 Å². The van der Waals surface area contributed by atoms with Crippen molar-refractivity contribution in [2.24, 2.45) is 0 Å². The molecule has 1 aromatic heterocycles. The molecule has 0 bridgehead atoms. The molecule has 21 heavy (non-hydrogen) atoms. The molecule has 0 fully saturated rings. The first-order valence-corrected chi connectivity index (χ1v) is 8.08. The van der Waals surface area contributed by atoms with Crippen LogP contribution in [0.2, 0.25) is 0 Å². The predicted molar refractivity (Wildman–Crippen MR) is 89.8 cm³/mol. The number of imidazole rings is 1. The zero-order valence-electron chi connectivity index (χ0n) is 11.6. The van der Waals surface area contributed by atoms with Crippen LogP contribution in [0.25, 0.3) is 16.7 Å². The standard InChI is InChI=1S/C17H16BrN3/c18-12-8-9-16-14(10-12)20-17(19)21(16)15-7-3-5-11-4-1-2-6-13(11)15/h3,5,7-10H,1-2,4,6H2,(H2,19,20). The van der Waals surface area contributed by atoms with E-state index < -0.39 is 0 Å². The number of hydrogen-bond acceptors (Lipinski definition) is 2. The second-order valence-corrected chi connectivity index (χ2v) is 6.48. The second-order valence-electron chi connectivity index (χ2n) is 5.56. The topological polar surface area (TPSA) is 43.8 Å². The first-order chi connectivity index (χ1) is 10.2. The maximum atomic E-state index is 6.21. The van der Waals surface area contributed by atoms with Crippen molar-refractivity contribution < 1.29 is 0 Å². The summed E-state index contributed by atoms with van der Waals surface area (Å²) in [5, 5.41) is 0. The fourth-order valence-corrected chi connectivity index (χ4v) is 3.64. The largest absolute Gasteiger partial charge is 0.369 e. The minimum absolute atomic E-state index is 0.557. The van der Waals surface area contributed by atoms with Crippen LogP contribution in [0.4, 0.5) is 5.95 Å². The summed E-state index contributed by atoms with van der Waals surface area (Å²) >= 11 is 3.49. The number of fused-ring (bicyclic) bond motifs is 2. The van der Waals surface area contributed by atoms with Crippen molar-refractivity contribution in [2.45, 2.75) is 25.7 Å². The van der Waals surface area contributed by atoms with Gasteiger partial charge in [0.2, 0.25) is 5.95 Å². The molecule has 0 saturated heterocycles. The van der Waals surface area contributed by atoms with E-state index in [-0.39, 0.29) is 0 Å². The molecule has 0 radical (unpaired) electrons. The Morgan fingerprint density at radius 2 is 1.95 bits per heavy atom. The number of nitrogens with two attached hydrogens (primary N) is 1. The quantitative estimate of drug-likeness (QED) is 0.719. The number of rotatable bonds is 1. The molecule has 2 N–H and O–H groups in total. The van der Waals surface area contributed by atoms with Crippen LogP contribution < -0.4 is 5.73 Å². The number of benzene rings is 2. The fourth-order valence-electron chi connectivity index (χ4n) is 3.30. The molecule has 3 aromatic rings. The predicted octanol–water partition coefficient (Wildman–Crippen LogP) is 4.25. The van der Waals surface area contributed by atoms with Gasteiger partial charge in [0.05, 0.1) is 16.7 Å². The first kappa shape index (κ1) is 12.9. The Hall–Kier alpha value is -1.81. The van der Waals surface area contributed by atoms with Crippen molar-refractivity contribution >= 4 is 32.9 Å². The van der Waals surface area contributed by atoms with E-state index in [0.717, 1.165) is 21.9 Å². The summed E-state index contributed by atoms with van der Waals surface area (Å²) in [5.41, 5.74) is 12.3. The molecule has 0 unspecified atom stereocenters. The number of hydrogen-bond donors (Lipinski definition) is 1. The van der Waals surface area contributed by atoms with Crippen molar-refractivity contribution in [1.29, 1.82) is 0 Å². The maximum absolute atomic E-state index is 6.21. The van der Waals surface area contributed by atoms with Gasteiger partial charge in [-0.05, 0) is 61.1 Å². The Bertz CT molecular complexity index is 835.